The van der Waals surface area contributed by atoms with Crippen LogP contribution in [0.4, 0.5) is 5.69 Å². The van der Waals surface area contributed by atoms with Gasteiger partial charge in [-0.05, 0) is 63.1 Å². The number of sulfonamides is 1. The lowest BCUT2D eigenvalue weighted by molar-refractivity contribution is 0.102. The number of carbonyl (C=O) groups excluding carboxylic acids is 1. The SMILES string of the molecule is CN1CCN(S(=O)(=O)c2cccc(NC(=O)c3nn(-c4ccccc4)c4c3CCCCC4)c2)CC1. The summed E-state index contributed by atoms with van der Waals surface area (Å²) >= 11 is 0. The number of fused-ring (bicyclic) bond motifs is 1. The van der Waals surface area contributed by atoms with E-state index in [0.29, 0.717) is 37.6 Å². The lowest BCUT2D eigenvalue weighted by atomic mass is 10.1. The van der Waals surface area contributed by atoms with Gasteiger partial charge in [-0.15, -0.1) is 0 Å². The Morgan fingerprint density at radius 3 is 2.43 bits per heavy atom. The number of benzene rings is 2. The normalized spacial score (nSPS) is 17.5. The zero-order valence-corrected chi connectivity index (χ0v) is 20.8. The van der Waals surface area contributed by atoms with Crippen LogP contribution < -0.4 is 5.32 Å². The minimum Gasteiger partial charge on any atom is -0.321 e. The van der Waals surface area contributed by atoms with Crippen molar-refractivity contribution in [3.8, 4) is 5.69 Å². The molecule has 1 saturated heterocycles. The number of anilines is 1. The summed E-state index contributed by atoms with van der Waals surface area (Å²) in [7, 11) is -1.64. The Kier molecular flexibility index (Phi) is 6.73. The van der Waals surface area contributed by atoms with Crippen molar-refractivity contribution in [3.63, 3.8) is 0 Å². The lowest BCUT2D eigenvalue weighted by Crippen LogP contribution is -2.47. The van der Waals surface area contributed by atoms with Gasteiger partial charge in [0.2, 0.25) is 10.0 Å². The molecule has 2 heterocycles. The Morgan fingerprint density at radius 2 is 1.66 bits per heavy atom. The largest absolute Gasteiger partial charge is 0.321 e. The Bertz CT molecular complexity index is 1310. The van der Waals surface area contributed by atoms with Crippen molar-refractivity contribution in [1.29, 1.82) is 0 Å². The van der Waals surface area contributed by atoms with Gasteiger partial charge in [0.05, 0.1) is 10.6 Å². The van der Waals surface area contributed by atoms with Crippen LogP contribution in [0.15, 0.2) is 59.5 Å². The maximum atomic E-state index is 13.4. The van der Waals surface area contributed by atoms with Gasteiger partial charge >= 0.3 is 0 Å². The third kappa shape index (κ3) is 4.89. The third-order valence-corrected chi connectivity index (χ3v) is 8.73. The summed E-state index contributed by atoms with van der Waals surface area (Å²) in [6.07, 6.45) is 4.90. The number of aromatic nitrogens is 2. The Labute approximate surface area is 206 Å². The van der Waals surface area contributed by atoms with Crippen LogP contribution in [0, 0.1) is 0 Å². The second kappa shape index (κ2) is 9.93. The second-order valence-corrected chi connectivity index (χ2v) is 11.2. The van der Waals surface area contributed by atoms with E-state index in [1.165, 1.54) is 4.31 Å². The van der Waals surface area contributed by atoms with Gasteiger partial charge in [-0.2, -0.15) is 9.40 Å². The molecule has 35 heavy (non-hydrogen) atoms. The molecule has 2 aromatic carbocycles. The lowest BCUT2D eigenvalue weighted by Gasteiger charge is -2.31. The minimum atomic E-state index is -3.62. The van der Waals surface area contributed by atoms with Crippen LogP contribution in [0.3, 0.4) is 0 Å². The summed E-state index contributed by atoms with van der Waals surface area (Å²) in [5.41, 5.74) is 3.88. The molecule has 0 atom stereocenters. The van der Waals surface area contributed by atoms with E-state index in [1.54, 1.807) is 24.3 Å². The average Bonchev–Trinajstić information content (AvgIpc) is 3.06. The van der Waals surface area contributed by atoms with Crippen molar-refractivity contribution < 1.29 is 13.2 Å². The predicted molar refractivity (Wildman–Crippen MR) is 135 cm³/mol. The van der Waals surface area contributed by atoms with Gasteiger partial charge in [0.25, 0.3) is 5.91 Å². The van der Waals surface area contributed by atoms with E-state index in [9.17, 15) is 13.2 Å². The summed E-state index contributed by atoms with van der Waals surface area (Å²) in [6.45, 7) is 2.31. The number of likely N-dealkylation sites (N-methyl/N-ethyl adjacent to an activating group) is 1. The first-order chi connectivity index (χ1) is 16.9. The molecule has 184 valence electrons. The van der Waals surface area contributed by atoms with Gasteiger partial charge in [-0.25, -0.2) is 13.1 Å². The van der Waals surface area contributed by atoms with E-state index in [-0.39, 0.29) is 10.8 Å². The van der Waals surface area contributed by atoms with Crippen LogP contribution in [-0.2, 0) is 22.9 Å². The van der Waals surface area contributed by atoms with Crippen LogP contribution in [0.25, 0.3) is 5.69 Å². The number of hydrogen-bond donors (Lipinski definition) is 1. The number of hydrogen-bond acceptors (Lipinski definition) is 5. The number of piperazine rings is 1. The van der Waals surface area contributed by atoms with Crippen molar-refractivity contribution >= 4 is 21.6 Å². The van der Waals surface area contributed by atoms with Gasteiger partial charge < -0.3 is 10.2 Å². The maximum Gasteiger partial charge on any atom is 0.276 e. The predicted octanol–water partition coefficient (Wildman–Crippen LogP) is 3.33. The summed E-state index contributed by atoms with van der Waals surface area (Å²) in [4.78, 5) is 15.7. The number of amides is 1. The van der Waals surface area contributed by atoms with E-state index in [2.05, 4.69) is 10.2 Å². The smallest absolute Gasteiger partial charge is 0.276 e. The number of carbonyl (C=O) groups is 1. The van der Waals surface area contributed by atoms with Crippen molar-refractivity contribution in [2.45, 2.75) is 37.0 Å². The van der Waals surface area contributed by atoms with Crippen molar-refractivity contribution in [3.05, 3.63) is 71.5 Å². The van der Waals surface area contributed by atoms with Gasteiger partial charge in [0.1, 0.15) is 0 Å². The molecule has 2 aliphatic rings. The quantitative estimate of drug-likeness (QED) is 0.551. The molecule has 8 nitrogen and oxygen atoms in total. The Balaban J connectivity index is 1.42. The topological polar surface area (TPSA) is 87.5 Å². The number of nitrogens with one attached hydrogen (secondary N) is 1. The van der Waals surface area contributed by atoms with E-state index in [0.717, 1.165) is 49.0 Å². The molecule has 1 aromatic heterocycles. The van der Waals surface area contributed by atoms with Gasteiger partial charge in [-0.3, -0.25) is 4.79 Å². The molecule has 1 aliphatic heterocycles. The molecular weight excluding hydrogens is 462 g/mol. The molecule has 1 fully saturated rings. The standard InChI is InChI=1S/C26H31N5O3S/c1-29-15-17-30(18-16-29)35(33,34)22-12-8-9-20(19-22)27-26(32)25-23-13-6-3-7-14-24(23)31(28-25)21-10-4-2-5-11-21/h2,4-5,8-12,19H,3,6-7,13-18H2,1H3,(H,27,32). The number of rotatable bonds is 5. The van der Waals surface area contributed by atoms with Crippen LogP contribution >= 0.6 is 0 Å². The summed E-state index contributed by atoms with van der Waals surface area (Å²) in [6, 6.07) is 16.4. The summed E-state index contributed by atoms with van der Waals surface area (Å²) < 4.78 is 29.7. The molecule has 9 heteroatoms. The second-order valence-electron chi connectivity index (χ2n) is 9.27. The van der Waals surface area contributed by atoms with Gasteiger partial charge in [0, 0.05) is 43.1 Å². The molecule has 5 rings (SSSR count). The van der Waals surface area contributed by atoms with E-state index < -0.39 is 10.0 Å². The first kappa shape index (κ1) is 23.7. The maximum absolute atomic E-state index is 13.4. The molecule has 0 unspecified atom stereocenters. The summed E-state index contributed by atoms with van der Waals surface area (Å²) in [5, 5.41) is 7.64. The molecule has 1 amide bonds. The fraction of sp³-hybridized carbons (Fsp3) is 0.385. The first-order valence-electron chi connectivity index (χ1n) is 12.2. The number of para-hydroxylation sites is 1. The van der Waals surface area contributed by atoms with E-state index in [4.69, 9.17) is 5.10 Å². The molecule has 1 aliphatic carbocycles. The Morgan fingerprint density at radius 1 is 0.914 bits per heavy atom. The van der Waals surface area contributed by atoms with Crippen molar-refractivity contribution in [1.82, 2.24) is 19.0 Å². The number of nitrogens with zero attached hydrogens (tertiary/aromatic N) is 4. The van der Waals surface area contributed by atoms with Crippen LogP contribution in [0.2, 0.25) is 0 Å². The van der Waals surface area contributed by atoms with E-state index >= 15 is 0 Å². The summed E-state index contributed by atoms with van der Waals surface area (Å²) in [5.74, 6) is -0.313. The van der Waals surface area contributed by atoms with Crippen LogP contribution in [-0.4, -0.2) is 66.5 Å². The minimum absolute atomic E-state index is 0.188. The zero-order chi connectivity index (χ0) is 24.4. The van der Waals surface area contributed by atoms with Crippen LogP contribution in [0.1, 0.15) is 41.0 Å². The highest BCUT2D eigenvalue weighted by molar-refractivity contribution is 7.89. The van der Waals surface area contributed by atoms with Crippen molar-refractivity contribution in [2.24, 2.45) is 0 Å². The molecule has 0 bridgehead atoms. The first-order valence-corrected chi connectivity index (χ1v) is 13.6. The highest BCUT2D eigenvalue weighted by Crippen LogP contribution is 2.27. The fourth-order valence-corrected chi connectivity index (χ4v) is 6.31. The van der Waals surface area contributed by atoms with Gasteiger partial charge in [0.15, 0.2) is 5.69 Å². The highest BCUT2D eigenvalue weighted by Gasteiger charge is 2.28. The molecule has 1 N–H and O–H groups in total. The molecule has 3 aromatic rings. The molecule has 0 spiro atoms. The Hall–Kier alpha value is -3.01. The average molecular weight is 494 g/mol. The van der Waals surface area contributed by atoms with Crippen LogP contribution in [0.5, 0.6) is 0 Å². The third-order valence-electron chi connectivity index (χ3n) is 6.84. The fourth-order valence-electron chi connectivity index (χ4n) is 4.84. The monoisotopic (exact) mass is 493 g/mol. The molecular formula is C26H31N5O3S. The van der Waals surface area contributed by atoms with Gasteiger partial charge in [-0.1, -0.05) is 30.7 Å². The molecule has 0 radical (unpaired) electrons. The van der Waals surface area contributed by atoms with E-state index in [1.807, 2.05) is 42.1 Å². The zero-order valence-electron chi connectivity index (χ0n) is 20.0. The highest BCUT2D eigenvalue weighted by atomic mass is 32.2. The molecule has 0 saturated carbocycles. The van der Waals surface area contributed by atoms with Crippen molar-refractivity contribution in [2.75, 3.05) is 38.5 Å².